The third-order valence-electron chi connectivity index (χ3n) is 10.2. The molecule has 1 unspecified atom stereocenters. The van der Waals surface area contributed by atoms with E-state index < -0.39 is 12.1 Å². The van der Waals surface area contributed by atoms with E-state index in [-0.39, 0.29) is 17.9 Å². The van der Waals surface area contributed by atoms with E-state index >= 15 is 0 Å². The molecule has 2 amide bonds. The number of fused-ring (bicyclic) bond motifs is 1. The van der Waals surface area contributed by atoms with Gasteiger partial charge in [-0.05, 0) is 84.6 Å². The van der Waals surface area contributed by atoms with Crippen molar-refractivity contribution < 1.29 is 14.3 Å². The normalized spacial score (nSPS) is 19.9. The van der Waals surface area contributed by atoms with E-state index in [1.165, 1.54) is 62.3 Å². The quantitative estimate of drug-likeness (QED) is 0.308. The number of rotatable bonds is 8. The van der Waals surface area contributed by atoms with Gasteiger partial charge in [0.2, 0.25) is 5.91 Å². The summed E-state index contributed by atoms with van der Waals surface area (Å²) >= 11 is 0. The van der Waals surface area contributed by atoms with Gasteiger partial charge in [0.15, 0.2) is 0 Å². The molecule has 0 radical (unpaired) electrons. The van der Waals surface area contributed by atoms with Gasteiger partial charge in [0.1, 0.15) is 6.04 Å². The molecule has 2 fully saturated rings. The first-order valence-corrected chi connectivity index (χ1v) is 16.2. The summed E-state index contributed by atoms with van der Waals surface area (Å²) < 4.78 is 6.80. The number of nitrogens with one attached hydrogen (secondary N) is 2. The summed E-state index contributed by atoms with van der Waals surface area (Å²) in [7, 11) is 1.32. The smallest absolute Gasteiger partial charge is 0.407 e. The van der Waals surface area contributed by atoms with Crippen LogP contribution in [0.1, 0.15) is 88.8 Å². The maximum absolute atomic E-state index is 13.4. The lowest BCUT2D eigenvalue weighted by atomic mass is 9.82. The monoisotopic (exact) mass is 585 g/mol. The van der Waals surface area contributed by atoms with Gasteiger partial charge in [0, 0.05) is 30.1 Å². The van der Waals surface area contributed by atoms with Gasteiger partial charge in [-0.1, -0.05) is 52.7 Å². The number of ether oxygens (including phenoxy) is 1. The number of aromatic nitrogens is 3. The number of carbonyl (C=O) groups is 2. The third kappa shape index (κ3) is 5.73. The van der Waals surface area contributed by atoms with Crippen molar-refractivity contribution in [3.05, 3.63) is 53.3 Å². The lowest BCUT2D eigenvalue weighted by molar-refractivity contribution is -0.135. The molecule has 230 valence electrons. The van der Waals surface area contributed by atoms with Crippen LogP contribution in [0.25, 0.3) is 22.5 Å². The van der Waals surface area contributed by atoms with E-state index in [2.05, 4.69) is 59.4 Å². The van der Waals surface area contributed by atoms with Crippen molar-refractivity contribution in [3.8, 4) is 22.5 Å². The molecule has 1 aliphatic heterocycles. The Kier molecular flexibility index (Phi) is 8.14. The molecule has 8 nitrogen and oxygen atoms in total. The summed E-state index contributed by atoms with van der Waals surface area (Å²) in [6.45, 7) is 9.91. The molecule has 1 saturated carbocycles. The van der Waals surface area contributed by atoms with Crippen LogP contribution in [-0.2, 0) is 28.9 Å². The molecular formula is C35H47N5O3. The van der Waals surface area contributed by atoms with Gasteiger partial charge in [-0.25, -0.2) is 4.79 Å². The highest BCUT2D eigenvalue weighted by Gasteiger charge is 2.42. The fourth-order valence-electron chi connectivity index (χ4n) is 7.87. The number of nitrogens with zero attached hydrogens (tertiary/aromatic N) is 3. The number of likely N-dealkylation sites (tertiary alicyclic amines) is 1. The number of methoxy groups -OCH3 is 1. The second kappa shape index (κ2) is 11.9. The Bertz CT molecular complexity index is 1450. The molecule has 2 aromatic heterocycles. The zero-order valence-electron chi connectivity index (χ0n) is 26.4. The molecule has 3 heterocycles. The third-order valence-corrected chi connectivity index (χ3v) is 10.2. The van der Waals surface area contributed by atoms with Crippen molar-refractivity contribution in [1.82, 2.24) is 25.0 Å². The van der Waals surface area contributed by atoms with Crippen LogP contribution in [0.5, 0.6) is 0 Å². The lowest BCUT2D eigenvalue weighted by Crippen LogP contribution is -2.53. The van der Waals surface area contributed by atoms with Gasteiger partial charge in [-0.15, -0.1) is 0 Å². The average molecular weight is 586 g/mol. The number of aromatic amines is 1. The topological polar surface area (TPSA) is 92.2 Å². The number of benzene rings is 1. The minimum absolute atomic E-state index is 0.0324. The maximum atomic E-state index is 13.4. The molecule has 2 atom stereocenters. The van der Waals surface area contributed by atoms with Crippen LogP contribution in [0.3, 0.4) is 0 Å². The Labute approximate surface area is 255 Å². The summed E-state index contributed by atoms with van der Waals surface area (Å²) in [6, 6.07) is 8.48. The van der Waals surface area contributed by atoms with E-state index in [1.807, 2.05) is 24.9 Å². The van der Waals surface area contributed by atoms with Crippen LogP contribution in [0.2, 0.25) is 0 Å². The van der Waals surface area contributed by atoms with E-state index in [9.17, 15) is 9.59 Å². The number of hydrogen-bond donors (Lipinski definition) is 2. The van der Waals surface area contributed by atoms with E-state index in [0.717, 1.165) is 29.8 Å². The maximum Gasteiger partial charge on any atom is 0.407 e. The zero-order valence-corrected chi connectivity index (χ0v) is 26.4. The van der Waals surface area contributed by atoms with Crippen LogP contribution in [0.15, 0.2) is 36.7 Å². The fourth-order valence-corrected chi connectivity index (χ4v) is 7.87. The first-order valence-electron chi connectivity index (χ1n) is 16.2. The summed E-state index contributed by atoms with van der Waals surface area (Å²) in [5.74, 6) is 0.464. The van der Waals surface area contributed by atoms with Crippen molar-refractivity contribution in [2.75, 3.05) is 13.7 Å². The molecule has 8 heteroatoms. The molecule has 3 aromatic rings. The summed E-state index contributed by atoms with van der Waals surface area (Å²) in [5, 5.41) is 6.18. The second-order valence-electron chi connectivity index (χ2n) is 13.8. The van der Waals surface area contributed by atoms with Crippen LogP contribution < -0.4 is 5.32 Å². The average Bonchev–Trinajstić information content (AvgIpc) is 3.72. The second-order valence-corrected chi connectivity index (χ2v) is 13.8. The summed E-state index contributed by atoms with van der Waals surface area (Å²) in [4.78, 5) is 32.1. The minimum Gasteiger partial charge on any atom is -0.453 e. The van der Waals surface area contributed by atoms with Gasteiger partial charge >= 0.3 is 6.09 Å². The largest absolute Gasteiger partial charge is 0.453 e. The summed E-state index contributed by atoms with van der Waals surface area (Å²) in [5.41, 5.74) is 9.58. The molecule has 2 aliphatic carbocycles. The Balaban J connectivity index is 1.14. The Morgan fingerprint density at radius 3 is 2.47 bits per heavy atom. The van der Waals surface area contributed by atoms with Crippen LogP contribution in [0, 0.1) is 11.3 Å². The Morgan fingerprint density at radius 1 is 1.07 bits per heavy atom. The van der Waals surface area contributed by atoms with Crippen LogP contribution >= 0.6 is 0 Å². The summed E-state index contributed by atoms with van der Waals surface area (Å²) in [6.07, 6.45) is 13.3. The fraction of sp³-hybridized carbons (Fsp3) is 0.571. The highest BCUT2D eigenvalue weighted by Crippen LogP contribution is 2.52. The predicted octanol–water partition coefficient (Wildman–Crippen LogP) is 6.70. The standard InChI is InChI=1S/C35H47N5O3/c1-22(2)26-11-12-27(29-18-35(17-28(26)29)14-6-7-15-35)30-13-10-24(19-36-30)31-21-39(38-31)20-25-9-8-16-40(25)33(41)32(23(3)4)37-34(42)43-5/h10-13,19,21-23,25,32,38H,6-9,14-18,20H2,1-5H3,(H,37,42)/t25?,32-/m0/s1. The number of pyridine rings is 1. The first kappa shape index (κ1) is 29.5. The molecule has 3 aliphatic rings. The number of carbonyl (C=O) groups excluding carboxylic acids is 2. The lowest BCUT2D eigenvalue weighted by Gasteiger charge is -2.31. The van der Waals surface area contributed by atoms with Crippen molar-refractivity contribution in [1.29, 1.82) is 0 Å². The minimum atomic E-state index is -0.598. The van der Waals surface area contributed by atoms with Crippen molar-refractivity contribution >= 4 is 12.0 Å². The SMILES string of the molecule is COC(=O)N[C@H](C(=O)N1CCCC1Cn1cc(-c2ccc(-c3ccc(C(C)C)c4c3CC3(CCCC3)C4)nc2)[nH]1)C(C)C. The van der Waals surface area contributed by atoms with Crippen LogP contribution in [-0.4, -0.2) is 57.4 Å². The molecular weight excluding hydrogens is 538 g/mol. The van der Waals surface area contributed by atoms with E-state index in [0.29, 0.717) is 24.4 Å². The van der Waals surface area contributed by atoms with Gasteiger partial charge in [0.05, 0.1) is 31.1 Å². The number of H-pyrrole nitrogens is 1. The molecule has 1 aromatic carbocycles. The molecule has 1 saturated heterocycles. The van der Waals surface area contributed by atoms with Crippen molar-refractivity contribution in [2.45, 2.75) is 104 Å². The first-order chi connectivity index (χ1) is 20.7. The number of alkyl carbamates (subject to hydrolysis) is 1. The predicted molar refractivity (Wildman–Crippen MR) is 169 cm³/mol. The Morgan fingerprint density at radius 2 is 1.81 bits per heavy atom. The highest BCUT2D eigenvalue weighted by molar-refractivity contribution is 5.86. The van der Waals surface area contributed by atoms with E-state index in [4.69, 9.17) is 9.72 Å². The van der Waals surface area contributed by atoms with Crippen molar-refractivity contribution in [2.24, 2.45) is 11.3 Å². The van der Waals surface area contributed by atoms with Gasteiger partial charge in [0.25, 0.3) is 0 Å². The molecule has 43 heavy (non-hydrogen) atoms. The van der Waals surface area contributed by atoms with Gasteiger partial charge < -0.3 is 15.0 Å². The van der Waals surface area contributed by atoms with Gasteiger partial charge in [-0.3, -0.25) is 19.6 Å². The van der Waals surface area contributed by atoms with E-state index in [1.54, 1.807) is 5.56 Å². The van der Waals surface area contributed by atoms with Crippen molar-refractivity contribution in [3.63, 3.8) is 0 Å². The molecule has 0 bridgehead atoms. The number of hydrogen-bond acceptors (Lipinski definition) is 4. The molecule has 6 rings (SSSR count). The van der Waals surface area contributed by atoms with Gasteiger partial charge in [-0.2, -0.15) is 0 Å². The zero-order chi connectivity index (χ0) is 30.3. The Hall–Kier alpha value is -3.55. The van der Waals surface area contributed by atoms with Crippen LogP contribution in [0.4, 0.5) is 4.79 Å². The molecule has 1 spiro atoms. The highest BCUT2D eigenvalue weighted by atomic mass is 16.5. The molecule has 2 N–H and O–H groups in total. The number of amides is 2.